The molecule has 102 valence electrons. The first-order chi connectivity index (χ1) is 8.31. The fraction of sp³-hybridized carbons (Fsp3) is 1.00. The van der Waals surface area contributed by atoms with Gasteiger partial charge < -0.3 is 5.11 Å². The minimum absolute atomic E-state index is 0.320. The zero-order chi connectivity index (χ0) is 12.5. The van der Waals surface area contributed by atoms with Gasteiger partial charge in [-0.2, -0.15) is 0 Å². The van der Waals surface area contributed by atoms with Crippen molar-refractivity contribution in [1.29, 1.82) is 0 Å². The van der Waals surface area contributed by atoms with E-state index in [1.807, 2.05) is 0 Å². The fourth-order valence-corrected chi connectivity index (χ4v) is 3.07. The zero-order valence-electron chi connectivity index (χ0n) is 11.8. The Labute approximate surface area is 107 Å². The van der Waals surface area contributed by atoms with Gasteiger partial charge in [-0.3, -0.25) is 4.90 Å². The smallest absolute Gasteiger partial charge is 0.0558 e. The Morgan fingerprint density at radius 3 is 2.47 bits per heavy atom. The highest BCUT2D eigenvalue weighted by Gasteiger charge is 2.23. The van der Waals surface area contributed by atoms with Crippen LogP contribution < -0.4 is 0 Å². The van der Waals surface area contributed by atoms with Gasteiger partial charge in [0.2, 0.25) is 0 Å². The van der Waals surface area contributed by atoms with Gasteiger partial charge in [-0.1, -0.05) is 46.0 Å². The number of aliphatic hydroxyl groups excluding tert-OH is 1. The predicted octanol–water partition coefficient (Wildman–Crippen LogP) is 3.44. The van der Waals surface area contributed by atoms with Crippen molar-refractivity contribution in [3.8, 4) is 0 Å². The number of nitrogens with zero attached hydrogens (tertiary/aromatic N) is 1. The molecule has 1 aliphatic carbocycles. The lowest BCUT2D eigenvalue weighted by Gasteiger charge is -2.31. The summed E-state index contributed by atoms with van der Waals surface area (Å²) in [6, 6.07) is 0.762. The molecule has 17 heavy (non-hydrogen) atoms. The SMILES string of the molecule is CCCCC(CC)CN(CCO)C1CCCC1. The number of unbranched alkanes of at least 4 members (excludes halogenated alkanes) is 1. The maximum atomic E-state index is 9.22. The van der Waals surface area contributed by atoms with Gasteiger partial charge in [-0.15, -0.1) is 0 Å². The van der Waals surface area contributed by atoms with Crippen LogP contribution in [0.4, 0.5) is 0 Å². The molecule has 1 fully saturated rings. The predicted molar refractivity (Wildman–Crippen MR) is 74.2 cm³/mol. The molecule has 0 spiro atoms. The molecule has 2 heteroatoms. The minimum Gasteiger partial charge on any atom is -0.395 e. The molecule has 0 saturated heterocycles. The highest BCUT2D eigenvalue weighted by Crippen LogP contribution is 2.25. The second-order valence-corrected chi connectivity index (χ2v) is 5.57. The van der Waals surface area contributed by atoms with Gasteiger partial charge in [0.1, 0.15) is 0 Å². The first-order valence-corrected chi connectivity index (χ1v) is 7.66. The lowest BCUT2D eigenvalue weighted by molar-refractivity contribution is 0.127. The van der Waals surface area contributed by atoms with Crippen LogP contribution in [-0.2, 0) is 0 Å². The number of rotatable bonds is 9. The van der Waals surface area contributed by atoms with Crippen LogP contribution in [0.2, 0.25) is 0 Å². The molecule has 0 aromatic rings. The van der Waals surface area contributed by atoms with Crippen LogP contribution in [0.5, 0.6) is 0 Å². The second kappa shape index (κ2) is 8.93. The van der Waals surface area contributed by atoms with E-state index in [0.717, 1.165) is 18.5 Å². The van der Waals surface area contributed by atoms with E-state index in [2.05, 4.69) is 18.7 Å². The van der Waals surface area contributed by atoms with E-state index in [0.29, 0.717) is 6.61 Å². The van der Waals surface area contributed by atoms with Crippen LogP contribution in [-0.4, -0.2) is 35.7 Å². The minimum atomic E-state index is 0.320. The normalized spacial score (nSPS) is 19.1. The van der Waals surface area contributed by atoms with Crippen molar-refractivity contribution in [1.82, 2.24) is 4.90 Å². The Morgan fingerprint density at radius 1 is 1.24 bits per heavy atom. The molecule has 0 bridgehead atoms. The summed E-state index contributed by atoms with van der Waals surface area (Å²) < 4.78 is 0. The second-order valence-electron chi connectivity index (χ2n) is 5.57. The van der Waals surface area contributed by atoms with E-state index < -0.39 is 0 Å². The maximum absolute atomic E-state index is 9.22. The highest BCUT2D eigenvalue weighted by molar-refractivity contribution is 4.79. The molecule has 1 rings (SSSR count). The van der Waals surface area contributed by atoms with E-state index in [-0.39, 0.29) is 0 Å². The molecule has 1 atom stereocenters. The Balaban J connectivity index is 2.39. The summed E-state index contributed by atoms with van der Waals surface area (Å²) in [5.41, 5.74) is 0. The molecule has 2 nitrogen and oxygen atoms in total. The summed E-state index contributed by atoms with van der Waals surface area (Å²) in [4.78, 5) is 2.57. The summed E-state index contributed by atoms with van der Waals surface area (Å²) in [5.74, 6) is 0.835. The van der Waals surface area contributed by atoms with Gasteiger partial charge in [0.25, 0.3) is 0 Å². The Bertz CT molecular complexity index is 178. The quantitative estimate of drug-likeness (QED) is 0.668. The van der Waals surface area contributed by atoms with Crippen LogP contribution in [0, 0.1) is 5.92 Å². The molecule has 1 saturated carbocycles. The molecule has 0 heterocycles. The topological polar surface area (TPSA) is 23.5 Å². The molecule has 1 N–H and O–H groups in total. The standard InChI is InChI=1S/C15H31NO/c1-3-5-8-14(4-2)13-16(11-12-17)15-9-6-7-10-15/h14-15,17H,3-13H2,1-2H3. The first-order valence-electron chi connectivity index (χ1n) is 7.66. The summed E-state index contributed by atoms with van der Waals surface area (Å²) >= 11 is 0. The lowest BCUT2D eigenvalue weighted by atomic mass is 9.98. The van der Waals surface area contributed by atoms with Gasteiger partial charge in [-0.05, 0) is 25.2 Å². The Hall–Kier alpha value is -0.0800. The van der Waals surface area contributed by atoms with Crippen LogP contribution in [0.25, 0.3) is 0 Å². The Kier molecular flexibility index (Phi) is 7.87. The van der Waals surface area contributed by atoms with Crippen molar-refractivity contribution in [2.45, 2.75) is 71.3 Å². The molecular formula is C15H31NO. The largest absolute Gasteiger partial charge is 0.395 e. The van der Waals surface area contributed by atoms with Crippen molar-refractivity contribution in [2.75, 3.05) is 19.7 Å². The van der Waals surface area contributed by atoms with Crippen LogP contribution in [0.1, 0.15) is 65.2 Å². The summed E-state index contributed by atoms with van der Waals surface area (Å²) in [7, 11) is 0. The van der Waals surface area contributed by atoms with Crippen LogP contribution in [0.3, 0.4) is 0 Å². The molecule has 0 radical (unpaired) electrons. The number of aliphatic hydroxyl groups is 1. The van der Waals surface area contributed by atoms with Crippen LogP contribution >= 0.6 is 0 Å². The third-order valence-electron chi connectivity index (χ3n) is 4.26. The summed E-state index contributed by atoms with van der Waals surface area (Å²) in [5, 5.41) is 9.22. The average molecular weight is 241 g/mol. The van der Waals surface area contributed by atoms with Crippen molar-refractivity contribution in [2.24, 2.45) is 5.92 Å². The monoisotopic (exact) mass is 241 g/mol. The van der Waals surface area contributed by atoms with E-state index in [9.17, 15) is 5.11 Å². The summed E-state index contributed by atoms with van der Waals surface area (Å²) in [6.45, 7) is 7.00. The maximum Gasteiger partial charge on any atom is 0.0558 e. The molecule has 0 amide bonds. The van der Waals surface area contributed by atoms with Crippen LogP contribution in [0.15, 0.2) is 0 Å². The van der Waals surface area contributed by atoms with Crippen molar-refractivity contribution < 1.29 is 5.11 Å². The van der Waals surface area contributed by atoms with Gasteiger partial charge in [0.15, 0.2) is 0 Å². The van der Waals surface area contributed by atoms with E-state index in [4.69, 9.17) is 0 Å². The number of hydrogen-bond donors (Lipinski definition) is 1. The van der Waals surface area contributed by atoms with Crippen molar-refractivity contribution in [3.63, 3.8) is 0 Å². The van der Waals surface area contributed by atoms with E-state index in [1.165, 1.54) is 57.9 Å². The average Bonchev–Trinajstić information content (AvgIpc) is 2.87. The number of hydrogen-bond acceptors (Lipinski definition) is 2. The van der Waals surface area contributed by atoms with Crippen molar-refractivity contribution >= 4 is 0 Å². The first kappa shape index (κ1) is 15.0. The van der Waals surface area contributed by atoms with Gasteiger partial charge >= 0.3 is 0 Å². The zero-order valence-corrected chi connectivity index (χ0v) is 11.8. The summed E-state index contributed by atoms with van der Waals surface area (Å²) in [6.07, 6.45) is 10.8. The third kappa shape index (κ3) is 5.39. The molecule has 1 aliphatic rings. The van der Waals surface area contributed by atoms with E-state index >= 15 is 0 Å². The lowest BCUT2D eigenvalue weighted by Crippen LogP contribution is -2.39. The highest BCUT2D eigenvalue weighted by atomic mass is 16.3. The van der Waals surface area contributed by atoms with Gasteiger partial charge in [0.05, 0.1) is 6.61 Å². The fourth-order valence-electron chi connectivity index (χ4n) is 3.07. The molecular weight excluding hydrogens is 210 g/mol. The van der Waals surface area contributed by atoms with Gasteiger partial charge in [0, 0.05) is 19.1 Å². The van der Waals surface area contributed by atoms with E-state index in [1.54, 1.807) is 0 Å². The molecule has 0 aliphatic heterocycles. The van der Waals surface area contributed by atoms with Gasteiger partial charge in [-0.25, -0.2) is 0 Å². The molecule has 1 unspecified atom stereocenters. The third-order valence-corrected chi connectivity index (χ3v) is 4.26. The Morgan fingerprint density at radius 2 is 1.94 bits per heavy atom. The molecule has 0 aromatic carbocycles. The van der Waals surface area contributed by atoms with Crippen molar-refractivity contribution in [3.05, 3.63) is 0 Å². The molecule has 0 aromatic heterocycles.